The highest BCUT2D eigenvalue weighted by atomic mass is 19.4. The fourth-order valence-electron chi connectivity index (χ4n) is 3.27. The van der Waals surface area contributed by atoms with E-state index >= 15 is 0 Å². The Kier molecular flexibility index (Phi) is 8.19. The molecular weight excluding hydrogens is 436 g/mol. The van der Waals surface area contributed by atoms with Gasteiger partial charge in [0.25, 0.3) is 0 Å². The molecule has 1 aromatic heterocycles. The molecule has 1 N–H and O–H groups in total. The number of amides is 1. The van der Waals surface area contributed by atoms with Crippen LogP contribution in [0.25, 0.3) is 0 Å². The molecule has 8 nitrogen and oxygen atoms in total. The van der Waals surface area contributed by atoms with Gasteiger partial charge in [-0.1, -0.05) is 6.07 Å². The van der Waals surface area contributed by atoms with Gasteiger partial charge in [-0.3, -0.25) is 9.48 Å². The molecule has 1 amide bonds. The van der Waals surface area contributed by atoms with Crippen molar-refractivity contribution in [2.24, 2.45) is 0 Å². The van der Waals surface area contributed by atoms with Gasteiger partial charge >= 0.3 is 12.1 Å². The molecule has 12 heteroatoms. The van der Waals surface area contributed by atoms with Crippen molar-refractivity contribution in [3.63, 3.8) is 0 Å². The minimum atomic E-state index is -5.08. The Bertz CT molecular complexity index is 946. The van der Waals surface area contributed by atoms with E-state index < -0.39 is 12.1 Å². The van der Waals surface area contributed by atoms with Gasteiger partial charge in [-0.15, -0.1) is 0 Å². The van der Waals surface area contributed by atoms with E-state index in [1.54, 1.807) is 12.3 Å². The number of fused-ring (bicyclic) bond motifs is 1. The zero-order chi connectivity index (χ0) is 24.1. The number of aromatic nitrogens is 2. The Hall–Kier alpha value is -3.15. The van der Waals surface area contributed by atoms with Crippen LogP contribution in [-0.2, 0) is 22.6 Å². The monoisotopic (exact) mass is 460 g/mol. The molecule has 176 valence electrons. The number of likely N-dealkylation sites (N-methyl/N-ethyl adjacent to an activating group) is 1. The quantitative estimate of drug-likeness (QED) is 0.690. The van der Waals surface area contributed by atoms with Gasteiger partial charge in [0, 0.05) is 30.9 Å². The van der Waals surface area contributed by atoms with E-state index in [-0.39, 0.29) is 24.2 Å². The number of alkyl halides is 3. The number of benzene rings is 1. The lowest BCUT2D eigenvalue weighted by Crippen LogP contribution is -2.44. The Labute approximate surface area is 182 Å². The number of carbonyl (C=O) groups is 2. The van der Waals surface area contributed by atoms with Crippen molar-refractivity contribution in [3.8, 4) is 5.75 Å². The second-order valence-corrected chi connectivity index (χ2v) is 7.39. The molecule has 3 rings (SSSR count). The smallest absolute Gasteiger partial charge is 0.490 e. The molecule has 2 aromatic rings. The molecule has 1 atom stereocenters. The SMILES string of the molecule is COc1cc(F)ccc1CC(=O)N1Cc2ccnn2C(CN(C)C)C1.O=C(O)C(F)(F)F. The molecule has 0 fully saturated rings. The van der Waals surface area contributed by atoms with Crippen molar-refractivity contribution in [2.75, 3.05) is 34.3 Å². The number of methoxy groups -OCH3 is 1. The van der Waals surface area contributed by atoms with Crippen molar-refractivity contribution in [1.82, 2.24) is 19.6 Å². The number of nitrogens with zero attached hydrogens (tertiary/aromatic N) is 4. The molecule has 0 saturated carbocycles. The third-order valence-electron chi connectivity index (χ3n) is 4.64. The third kappa shape index (κ3) is 6.67. The van der Waals surface area contributed by atoms with Crippen molar-refractivity contribution < 1.29 is 37.0 Å². The van der Waals surface area contributed by atoms with E-state index in [0.29, 0.717) is 24.4 Å². The lowest BCUT2D eigenvalue weighted by atomic mass is 10.1. The van der Waals surface area contributed by atoms with E-state index in [2.05, 4.69) is 10.00 Å². The zero-order valence-corrected chi connectivity index (χ0v) is 17.8. The molecular formula is C20H24F4N4O4. The van der Waals surface area contributed by atoms with Gasteiger partial charge in [0.2, 0.25) is 5.91 Å². The average molecular weight is 460 g/mol. The van der Waals surface area contributed by atoms with Crippen molar-refractivity contribution in [3.05, 3.63) is 47.5 Å². The first-order valence-electron chi connectivity index (χ1n) is 9.49. The predicted octanol–water partition coefficient (Wildman–Crippen LogP) is 2.35. The van der Waals surface area contributed by atoms with Crippen LogP contribution in [-0.4, -0.2) is 77.0 Å². The number of hydrogen-bond acceptors (Lipinski definition) is 5. The molecule has 0 saturated heterocycles. The lowest BCUT2D eigenvalue weighted by Gasteiger charge is -2.35. The first-order chi connectivity index (χ1) is 14.9. The second kappa shape index (κ2) is 10.4. The van der Waals surface area contributed by atoms with Gasteiger partial charge in [-0.25, -0.2) is 9.18 Å². The van der Waals surface area contributed by atoms with Gasteiger partial charge < -0.3 is 19.6 Å². The number of hydrogen-bond donors (Lipinski definition) is 1. The summed E-state index contributed by atoms with van der Waals surface area (Å²) in [5.74, 6) is -2.73. The van der Waals surface area contributed by atoms with Gasteiger partial charge in [0.15, 0.2) is 0 Å². The number of carboxylic acid groups (broad SMARTS) is 1. The molecule has 0 spiro atoms. The Morgan fingerprint density at radius 3 is 2.50 bits per heavy atom. The van der Waals surface area contributed by atoms with E-state index in [1.807, 2.05) is 29.7 Å². The summed E-state index contributed by atoms with van der Waals surface area (Å²) in [6.07, 6.45) is -3.12. The topological polar surface area (TPSA) is 87.9 Å². The van der Waals surface area contributed by atoms with Crippen LogP contribution in [0.4, 0.5) is 17.6 Å². The Morgan fingerprint density at radius 2 is 1.94 bits per heavy atom. The minimum Gasteiger partial charge on any atom is -0.496 e. The molecule has 0 radical (unpaired) electrons. The summed E-state index contributed by atoms with van der Waals surface area (Å²) in [5.41, 5.74) is 1.72. The number of carboxylic acids is 1. The van der Waals surface area contributed by atoms with Crippen LogP contribution in [0, 0.1) is 5.82 Å². The fraction of sp³-hybridized carbons (Fsp3) is 0.450. The predicted molar refractivity (Wildman–Crippen MR) is 106 cm³/mol. The van der Waals surface area contributed by atoms with Crippen LogP contribution < -0.4 is 4.74 Å². The second-order valence-electron chi connectivity index (χ2n) is 7.39. The number of halogens is 4. The van der Waals surface area contributed by atoms with E-state index in [9.17, 15) is 22.4 Å². The minimum absolute atomic E-state index is 0.00103. The average Bonchev–Trinajstić information content (AvgIpc) is 3.17. The highest BCUT2D eigenvalue weighted by Crippen LogP contribution is 2.24. The summed E-state index contributed by atoms with van der Waals surface area (Å²) >= 11 is 0. The normalized spacial score (nSPS) is 15.6. The zero-order valence-electron chi connectivity index (χ0n) is 17.8. The van der Waals surface area contributed by atoms with Gasteiger partial charge in [-0.05, 0) is 26.2 Å². The van der Waals surface area contributed by atoms with Crippen LogP contribution in [0.5, 0.6) is 5.75 Å². The number of rotatable bonds is 5. The summed E-state index contributed by atoms with van der Waals surface area (Å²) < 4.78 is 52.3. The summed E-state index contributed by atoms with van der Waals surface area (Å²) in [7, 11) is 5.50. The lowest BCUT2D eigenvalue weighted by molar-refractivity contribution is -0.192. The maximum Gasteiger partial charge on any atom is 0.490 e. The van der Waals surface area contributed by atoms with Crippen LogP contribution >= 0.6 is 0 Å². The maximum atomic E-state index is 13.3. The van der Waals surface area contributed by atoms with Crippen LogP contribution in [0.1, 0.15) is 17.3 Å². The van der Waals surface area contributed by atoms with Crippen LogP contribution in [0.3, 0.4) is 0 Å². The van der Waals surface area contributed by atoms with Gasteiger partial charge in [-0.2, -0.15) is 18.3 Å². The first kappa shape index (κ1) is 25.1. The van der Waals surface area contributed by atoms with E-state index in [4.69, 9.17) is 14.6 Å². The standard InChI is InChI=1S/C18H23FN4O2.C2HF3O2/c1-21(2)10-16-12-22(11-15-6-7-20-23(15)16)18(24)8-13-4-5-14(19)9-17(13)25-3;3-2(4,5)1(6)7/h4-7,9,16H,8,10-12H2,1-3H3;(H,6,7). The number of ether oxygens (including phenoxy) is 1. The molecule has 32 heavy (non-hydrogen) atoms. The summed E-state index contributed by atoms with van der Waals surface area (Å²) in [5, 5.41) is 11.5. The molecule has 0 bridgehead atoms. The molecule has 0 aliphatic carbocycles. The third-order valence-corrected chi connectivity index (χ3v) is 4.64. The molecule has 1 aliphatic rings. The van der Waals surface area contributed by atoms with Crippen molar-refractivity contribution >= 4 is 11.9 Å². The van der Waals surface area contributed by atoms with Gasteiger partial charge in [0.05, 0.1) is 31.8 Å². The van der Waals surface area contributed by atoms with Crippen molar-refractivity contribution in [2.45, 2.75) is 25.2 Å². The molecule has 2 heterocycles. The Morgan fingerprint density at radius 1 is 1.28 bits per heavy atom. The summed E-state index contributed by atoms with van der Waals surface area (Å²) in [4.78, 5) is 25.6. The summed E-state index contributed by atoms with van der Waals surface area (Å²) in [6.45, 7) is 1.94. The maximum absolute atomic E-state index is 13.3. The highest BCUT2D eigenvalue weighted by Gasteiger charge is 2.38. The van der Waals surface area contributed by atoms with Gasteiger partial charge in [0.1, 0.15) is 11.6 Å². The molecule has 1 aromatic carbocycles. The van der Waals surface area contributed by atoms with Crippen LogP contribution in [0.2, 0.25) is 0 Å². The van der Waals surface area contributed by atoms with E-state index in [0.717, 1.165) is 12.2 Å². The molecule has 1 aliphatic heterocycles. The van der Waals surface area contributed by atoms with E-state index in [1.165, 1.54) is 19.2 Å². The fourth-order valence-corrected chi connectivity index (χ4v) is 3.27. The number of aliphatic carboxylic acids is 1. The van der Waals surface area contributed by atoms with Crippen molar-refractivity contribution in [1.29, 1.82) is 0 Å². The first-order valence-corrected chi connectivity index (χ1v) is 9.49. The molecule has 1 unspecified atom stereocenters. The summed E-state index contributed by atoms with van der Waals surface area (Å²) in [6, 6.07) is 6.33. The largest absolute Gasteiger partial charge is 0.496 e. The Balaban J connectivity index is 0.000000451. The highest BCUT2D eigenvalue weighted by molar-refractivity contribution is 5.79. The number of carbonyl (C=O) groups excluding carboxylic acids is 1. The van der Waals surface area contributed by atoms with Crippen LogP contribution in [0.15, 0.2) is 30.5 Å².